The van der Waals surface area contributed by atoms with Crippen molar-refractivity contribution in [3.63, 3.8) is 0 Å². The van der Waals surface area contributed by atoms with Crippen molar-refractivity contribution in [3.05, 3.63) is 75.9 Å². The first-order chi connectivity index (χ1) is 14.4. The van der Waals surface area contributed by atoms with Gasteiger partial charge in [0.2, 0.25) is 0 Å². The molecular formula is C26H31NO3. The third kappa shape index (κ3) is 4.18. The van der Waals surface area contributed by atoms with Crippen molar-refractivity contribution in [2.24, 2.45) is 0 Å². The Balaban J connectivity index is 2.12. The molecule has 1 fully saturated rings. The Kier molecular flexibility index (Phi) is 6.76. The second-order valence-corrected chi connectivity index (χ2v) is 8.09. The molecule has 1 N–H and O–H groups in total. The molecule has 1 saturated heterocycles. The monoisotopic (exact) mass is 405 g/mol. The van der Waals surface area contributed by atoms with Crippen LogP contribution in [0.15, 0.2) is 48.0 Å². The van der Waals surface area contributed by atoms with Crippen LogP contribution in [-0.4, -0.2) is 28.2 Å². The zero-order valence-corrected chi connectivity index (χ0v) is 18.4. The lowest BCUT2D eigenvalue weighted by Gasteiger charge is -2.25. The quantitative estimate of drug-likeness (QED) is 0.287. The Morgan fingerprint density at radius 3 is 2.27 bits per heavy atom. The molecule has 0 aromatic heterocycles. The number of ketones is 1. The molecule has 158 valence electrons. The molecule has 1 unspecified atom stereocenters. The van der Waals surface area contributed by atoms with Crippen LogP contribution >= 0.6 is 0 Å². The van der Waals surface area contributed by atoms with E-state index in [4.69, 9.17) is 0 Å². The van der Waals surface area contributed by atoms with E-state index in [1.807, 2.05) is 50.2 Å². The van der Waals surface area contributed by atoms with Gasteiger partial charge in [-0.1, -0.05) is 63.1 Å². The number of aryl methyl sites for hydroxylation is 3. The molecule has 0 spiro atoms. The first kappa shape index (κ1) is 21.8. The molecule has 0 saturated carbocycles. The summed E-state index contributed by atoms with van der Waals surface area (Å²) in [6.07, 6.45) is 3.76. The molecule has 4 heteroatoms. The van der Waals surface area contributed by atoms with Gasteiger partial charge in [-0.05, 0) is 55.0 Å². The molecule has 1 atom stereocenters. The maximum Gasteiger partial charge on any atom is 0.295 e. The minimum atomic E-state index is -0.605. The fourth-order valence-electron chi connectivity index (χ4n) is 3.97. The number of likely N-dealkylation sites (tertiary alicyclic amines) is 1. The van der Waals surface area contributed by atoms with Gasteiger partial charge in [0.05, 0.1) is 11.6 Å². The summed E-state index contributed by atoms with van der Waals surface area (Å²) in [6, 6.07) is 13.0. The van der Waals surface area contributed by atoms with Crippen LogP contribution in [0.2, 0.25) is 0 Å². The fraction of sp³-hybridized carbons (Fsp3) is 0.385. The Hall–Kier alpha value is -2.88. The van der Waals surface area contributed by atoms with E-state index in [1.54, 1.807) is 11.0 Å². The molecule has 0 bridgehead atoms. The van der Waals surface area contributed by atoms with Gasteiger partial charge in [0.15, 0.2) is 0 Å². The maximum atomic E-state index is 13.0. The summed E-state index contributed by atoms with van der Waals surface area (Å²) in [5.74, 6) is -1.23. The second kappa shape index (κ2) is 9.29. The van der Waals surface area contributed by atoms with Gasteiger partial charge in [0.25, 0.3) is 11.7 Å². The van der Waals surface area contributed by atoms with Gasteiger partial charge < -0.3 is 10.0 Å². The first-order valence-corrected chi connectivity index (χ1v) is 10.8. The molecule has 1 heterocycles. The van der Waals surface area contributed by atoms with Crippen LogP contribution in [0.4, 0.5) is 0 Å². The van der Waals surface area contributed by atoms with Crippen molar-refractivity contribution in [2.75, 3.05) is 6.54 Å². The number of carbonyl (C=O) groups is 2. The normalized spacial score (nSPS) is 18.3. The van der Waals surface area contributed by atoms with Crippen LogP contribution in [0, 0.1) is 13.8 Å². The summed E-state index contributed by atoms with van der Waals surface area (Å²) in [6.45, 7) is 8.67. The van der Waals surface area contributed by atoms with E-state index in [-0.39, 0.29) is 11.3 Å². The molecule has 0 aliphatic carbocycles. The predicted molar refractivity (Wildman–Crippen MR) is 120 cm³/mol. The Labute approximate surface area is 179 Å². The summed E-state index contributed by atoms with van der Waals surface area (Å²) in [5, 5.41) is 11.1. The third-order valence-corrected chi connectivity index (χ3v) is 6.03. The van der Waals surface area contributed by atoms with Crippen molar-refractivity contribution in [3.8, 4) is 0 Å². The summed E-state index contributed by atoms with van der Waals surface area (Å²) in [7, 11) is 0. The number of aliphatic hydroxyl groups excluding tert-OH is 1. The molecular weight excluding hydrogens is 374 g/mol. The van der Waals surface area contributed by atoms with Crippen LogP contribution in [0.5, 0.6) is 0 Å². The molecule has 1 aliphatic heterocycles. The van der Waals surface area contributed by atoms with Gasteiger partial charge in [0.1, 0.15) is 5.76 Å². The van der Waals surface area contributed by atoms with Gasteiger partial charge in [-0.15, -0.1) is 0 Å². The average molecular weight is 406 g/mol. The van der Waals surface area contributed by atoms with Crippen LogP contribution in [-0.2, 0) is 16.0 Å². The number of carbonyl (C=O) groups excluding carboxylic acids is 2. The number of unbranched alkanes of at least 4 members (excludes halogenated alkanes) is 2. The van der Waals surface area contributed by atoms with Crippen molar-refractivity contribution >= 4 is 17.4 Å². The summed E-state index contributed by atoms with van der Waals surface area (Å²) >= 11 is 0. The molecule has 2 aromatic rings. The molecule has 2 aromatic carbocycles. The Morgan fingerprint density at radius 2 is 1.67 bits per heavy atom. The van der Waals surface area contributed by atoms with E-state index >= 15 is 0 Å². The van der Waals surface area contributed by atoms with Crippen LogP contribution < -0.4 is 0 Å². The minimum absolute atomic E-state index is 0.0981. The molecule has 4 nitrogen and oxygen atoms in total. The molecule has 1 amide bonds. The van der Waals surface area contributed by atoms with Gasteiger partial charge >= 0.3 is 0 Å². The van der Waals surface area contributed by atoms with E-state index in [1.165, 1.54) is 5.56 Å². The molecule has 1 aliphatic rings. The fourth-order valence-corrected chi connectivity index (χ4v) is 3.97. The van der Waals surface area contributed by atoms with Gasteiger partial charge in [-0.3, -0.25) is 9.59 Å². The highest BCUT2D eigenvalue weighted by atomic mass is 16.3. The highest BCUT2D eigenvalue weighted by Crippen LogP contribution is 2.39. The number of benzene rings is 2. The number of rotatable bonds is 7. The van der Waals surface area contributed by atoms with Crippen molar-refractivity contribution in [1.29, 1.82) is 0 Å². The lowest BCUT2D eigenvalue weighted by molar-refractivity contribution is -0.139. The number of aliphatic hydroxyl groups is 1. The van der Waals surface area contributed by atoms with Crippen LogP contribution in [0.25, 0.3) is 5.76 Å². The highest BCUT2D eigenvalue weighted by Gasteiger charge is 2.45. The lowest BCUT2D eigenvalue weighted by atomic mass is 9.93. The maximum absolute atomic E-state index is 13.0. The van der Waals surface area contributed by atoms with E-state index in [9.17, 15) is 14.7 Å². The SMILES string of the molecule is CCCCCN1C(=O)C(=O)/C(=C(\O)c2ccc(C)c(C)c2)C1c1ccc(CC)cc1. The zero-order valence-electron chi connectivity index (χ0n) is 18.4. The highest BCUT2D eigenvalue weighted by molar-refractivity contribution is 6.46. The van der Waals surface area contributed by atoms with Crippen molar-refractivity contribution < 1.29 is 14.7 Å². The van der Waals surface area contributed by atoms with E-state index in [0.29, 0.717) is 12.1 Å². The van der Waals surface area contributed by atoms with Gasteiger partial charge in [-0.25, -0.2) is 0 Å². The number of amides is 1. The van der Waals surface area contributed by atoms with E-state index in [2.05, 4.69) is 13.8 Å². The van der Waals surface area contributed by atoms with Crippen LogP contribution in [0.1, 0.15) is 67.0 Å². The number of Topliss-reactive ketones (excluding diaryl/α,β-unsaturated/α-hetero) is 1. The van der Waals surface area contributed by atoms with Crippen LogP contribution in [0.3, 0.4) is 0 Å². The largest absolute Gasteiger partial charge is 0.507 e. The smallest absolute Gasteiger partial charge is 0.295 e. The topological polar surface area (TPSA) is 57.6 Å². The van der Waals surface area contributed by atoms with Gasteiger partial charge in [0, 0.05) is 12.1 Å². The summed E-state index contributed by atoms with van der Waals surface area (Å²) in [5.41, 5.74) is 4.94. The Bertz CT molecular complexity index is 972. The minimum Gasteiger partial charge on any atom is -0.507 e. The van der Waals surface area contributed by atoms with E-state index in [0.717, 1.165) is 42.4 Å². The van der Waals surface area contributed by atoms with Crippen molar-refractivity contribution in [1.82, 2.24) is 4.90 Å². The number of hydrogen-bond acceptors (Lipinski definition) is 3. The standard InChI is InChI=1S/C26H31NO3/c1-5-7-8-15-27-23(20-13-10-19(6-2)11-14-20)22(25(29)26(27)30)24(28)21-12-9-17(3)18(4)16-21/h9-14,16,23,28H,5-8,15H2,1-4H3/b24-22-. The summed E-state index contributed by atoms with van der Waals surface area (Å²) < 4.78 is 0. The number of nitrogens with zero attached hydrogens (tertiary/aromatic N) is 1. The van der Waals surface area contributed by atoms with Crippen molar-refractivity contribution in [2.45, 2.75) is 59.4 Å². The molecule has 0 radical (unpaired) electrons. The lowest BCUT2D eigenvalue weighted by Crippen LogP contribution is -2.30. The predicted octanol–water partition coefficient (Wildman–Crippen LogP) is 5.48. The van der Waals surface area contributed by atoms with E-state index < -0.39 is 17.7 Å². The average Bonchev–Trinajstić information content (AvgIpc) is 3.00. The van der Waals surface area contributed by atoms with Gasteiger partial charge in [-0.2, -0.15) is 0 Å². The summed E-state index contributed by atoms with van der Waals surface area (Å²) in [4.78, 5) is 27.5. The zero-order chi connectivity index (χ0) is 21.8. The second-order valence-electron chi connectivity index (χ2n) is 8.09. The Morgan fingerprint density at radius 1 is 0.967 bits per heavy atom. The number of hydrogen-bond donors (Lipinski definition) is 1. The third-order valence-electron chi connectivity index (χ3n) is 6.03. The molecule has 3 rings (SSSR count). The molecule has 30 heavy (non-hydrogen) atoms. The first-order valence-electron chi connectivity index (χ1n) is 10.8.